The van der Waals surface area contributed by atoms with Gasteiger partial charge in [0.05, 0.1) is 12.0 Å². The summed E-state index contributed by atoms with van der Waals surface area (Å²) in [7, 11) is 1.69. The molecule has 1 aliphatic heterocycles. The number of rotatable bonds is 4. The van der Waals surface area contributed by atoms with E-state index in [1.54, 1.807) is 18.4 Å². The molecule has 0 radical (unpaired) electrons. The lowest BCUT2D eigenvalue weighted by atomic mass is 9.90. The van der Waals surface area contributed by atoms with Gasteiger partial charge in [-0.05, 0) is 54.5 Å². The van der Waals surface area contributed by atoms with Crippen molar-refractivity contribution in [2.75, 3.05) is 33.3 Å². The SMILES string of the molecule is COc1ccc(CN2CCN(C(=O)c3cc4c(s3)CC[C@@H](C)C4)CC2)cc1. The van der Waals surface area contributed by atoms with Crippen molar-refractivity contribution in [2.24, 2.45) is 5.92 Å². The lowest BCUT2D eigenvalue weighted by molar-refractivity contribution is 0.0633. The number of hydrogen-bond acceptors (Lipinski definition) is 4. The topological polar surface area (TPSA) is 32.8 Å². The molecule has 0 spiro atoms. The van der Waals surface area contributed by atoms with Gasteiger partial charge in [-0.15, -0.1) is 11.3 Å². The molecule has 5 heteroatoms. The van der Waals surface area contributed by atoms with E-state index in [0.717, 1.165) is 62.1 Å². The highest BCUT2D eigenvalue weighted by Gasteiger charge is 2.26. The predicted molar refractivity (Wildman–Crippen MR) is 110 cm³/mol. The molecule has 2 heterocycles. The van der Waals surface area contributed by atoms with Gasteiger partial charge >= 0.3 is 0 Å². The van der Waals surface area contributed by atoms with E-state index < -0.39 is 0 Å². The Balaban J connectivity index is 1.32. The van der Waals surface area contributed by atoms with Crippen LogP contribution in [0.3, 0.4) is 0 Å². The molecule has 27 heavy (non-hydrogen) atoms. The summed E-state index contributed by atoms with van der Waals surface area (Å²) < 4.78 is 5.22. The van der Waals surface area contributed by atoms with Crippen LogP contribution in [0.2, 0.25) is 0 Å². The van der Waals surface area contributed by atoms with Crippen LogP contribution in [0.1, 0.15) is 39.0 Å². The summed E-state index contributed by atoms with van der Waals surface area (Å²) in [4.78, 5) is 19.8. The maximum atomic E-state index is 12.9. The zero-order chi connectivity index (χ0) is 18.8. The van der Waals surface area contributed by atoms with Crippen LogP contribution in [0, 0.1) is 5.92 Å². The van der Waals surface area contributed by atoms with Crippen molar-refractivity contribution in [3.05, 3.63) is 51.2 Å². The highest BCUT2D eigenvalue weighted by Crippen LogP contribution is 2.32. The fourth-order valence-corrected chi connectivity index (χ4v) is 5.24. The van der Waals surface area contributed by atoms with E-state index in [2.05, 4.69) is 30.0 Å². The van der Waals surface area contributed by atoms with E-state index in [1.165, 1.54) is 22.4 Å². The second-order valence-electron chi connectivity index (χ2n) is 7.82. The Bertz CT molecular complexity index is 791. The minimum atomic E-state index is 0.228. The number of nitrogens with zero attached hydrogens (tertiary/aromatic N) is 2. The molecule has 1 amide bonds. The molecule has 1 saturated heterocycles. The number of amides is 1. The number of carbonyl (C=O) groups excluding carboxylic acids is 1. The summed E-state index contributed by atoms with van der Waals surface area (Å²) in [5.41, 5.74) is 2.70. The van der Waals surface area contributed by atoms with E-state index in [1.807, 2.05) is 17.0 Å². The molecule has 144 valence electrons. The molecule has 4 rings (SSSR count). The van der Waals surface area contributed by atoms with Crippen LogP contribution in [0.25, 0.3) is 0 Å². The lowest BCUT2D eigenvalue weighted by Gasteiger charge is -2.34. The lowest BCUT2D eigenvalue weighted by Crippen LogP contribution is -2.48. The molecule has 2 aromatic rings. The van der Waals surface area contributed by atoms with Gasteiger partial charge in [0.25, 0.3) is 5.91 Å². The van der Waals surface area contributed by atoms with Crippen LogP contribution >= 0.6 is 11.3 Å². The minimum absolute atomic E-state index is 0.228. The second-order valence-corrected chi connectivity index (χ2v) is 8.96. The number of thiophene rings is 1. The van der Waals surface area contributed by atoms with Gasteiger partial charge in [0.15, 0.2) is 0 Å². The van der Waals surface area contributed by atoms with Crippen LogP contribution in [-0.2, 0) is 19.4 Å². The van der Waals surface area contributed by atoms with Gasteiger partial charge in [0.1, 0.15) is 5.75 Å². The smallest absolute Gasteiger partial charge is 0.264 e. The van der Waals surface area contributed by atoms with E-state index in [9.17, 15) is 4.79 Å². The van der Waals surface area contributed by atoms with E-state index in [0.29, 0.717) is 0 Å². The molecule has 0 saturated carbocycles. The number of hydrogen-bond donors (Lipinski definition) is 0. The molecule has 4 nitrogen and oxygen atoms in total. The average Bonchev–Trinajstić information content (AvgIpc) is 3.12. The Kier molecular flexibility index (Phi) is 5.50. The molecule has 0 unspecified atom stereocenters. The summed E-state index contributed by atoms with van der Waals surface area (Å²) in [5.74, 6) is 1.87. The van der Waals surface area contributed by atoms with Gasteiger partial charge in [-0.1, -0.05) is 19.1 Å². The number of aryl methyl sites for hydroxylation is 1. The Morgan fingerprint density at radius 2 is 1.93 bits per heavy atom. The summed E-state index contributed by atoms with van der Waals surface area (Å²) in [6.45, 7) is 6.73. The Morgan fingerprint density at radius 3 is 2.63 bits per heavy atom. The number of ether oxygens (including phenoxy) is 1. The standard InChI is InChI=1S/C22H28N2O2S/c1-16-3-8-20-18(13-16)14-21(27-20)22(25)24-11-9-23(10-12-24)15-17-4-6-19(26-2)7-5-17/h4-7,14,16H,3,8-13,15H2,1-2H3/t16-/m1/s1. The second kappa shape index (κ2) is 8.03. The van der Waals surface area contributed by atoms with Crippen LogP contribution in [-0.4, -0.2) is 49.0 Å². The molecule has 0 bridgehead atoms. The monoisotopic (exact) mass is 384 g/mol. The molecular weight excluding hydrogens is 356 g/mol. The van der Waals surface area contributed by atoms with Gasteiger partial charge in [-0.3, -0.25) is 9.69 Å². The van der Waals surface area contributed by atoms with Crippen molar-refractivity contribution in [2.45, 2.75) is 32.7 Å². The van der Waals surface area contributed by atoms with Crippen molar-refractivity contribution in [3.63, 3.8) is 0 Å². The van der Waals surface area contributed by atoms with Crippen molar-refractivity contribution < 1.29 is 9.53 Å². The van der Waals surface area contributed by atoms with Gasteiger partial charge < -0.3 is 9.64 Å². The van der Waals surface area contributed by atoms with Gasteiger partial charge in [0, 0.05) is 37.6 Å². The van der Waals surface area contributed by atoms with Crippen LogP contribution in [0.15, 0.2) is 30.3 Å². The fraction of sp³-hybridized carbons (Fsp3) is 0.500. The molecular formula is C22H28N2O2S. The number of methoxy groups -OCH3 is 1. The van der Waals surface area contributed by atoms with E-state index >= 15 is 0 Å². The first-order valence-electron chi connectivity index (χ1n) is 9.88. The molecule has 1 aliphatic carbocycles. The quantitative estimate of drug-likeness (QED) is 0.803. The van der Waals surface area contributed by atoms with Gasteiger partial charge in [-0.2, -0.15) is 0 Å². The Hall–Kier alpha value is -1.85. The highest BCUT2D eigenvalue weighted by molar-refractivity contribution is 7.14. The molecule has 0 N–H and O–H groups in total. The number of carbonyl (C=O) groups is 1. The van der Waals surface area contributed by atoms with Crippen LogP contribution < -0.4 is 4.74 Å². The summed E-state index contributed by atoms with van der Waals surface area (Å²) in [5, 5.41) is 0. The third-order valence-corrected chi connectivity index (χ3v) is 6.99. The third kappa shape index (κ3) is 4.19. The van der Waals surface area contributed by atoms with Crippen molar-refractivity contribution in [3.8, 4) is 5.75 Å². The Morgan fingerprint density at radius 1 is 1.19 bits per heavy atom. The number of piperazine rings is 1. The fourth-order valence-electron chi connectivity index (χ4n) is 4.07. The maximum absolute atomic E-state index is 12.9. The van der Waals surface area contributed by atoms with Crippen LogP contribution in [0.4, 0.5) is 0 Å². The summed E-state index contributed by atoms with van der Waals surface area (Å²) in [6.07, 6.45) is 3.53. The zero-order valence-corrected chi connectivity index (χ0v) is 17.1. The van der Waals surface area contributed by atoms with Crippen molar-refractivity contribution in [1.29, 1.82) is 0 Å². The largest absolute Gasteiger partial charge is 0.497 e. The van der Waals surface area contributed by atoms with Gasteiger partial charge in [-0.25, -0.2) is 0 Å². The number of fused-ring (bicyclic) bond motifs is 1. The third-order valence-electron chi connectivity index (χ3n) is 5.76. The molecule has 1 atom stereocenters. The first-order valence-corrected chi connectivity index (χ1v) is 10.7. The van der Waals surface area contributed by atoms with Crippen molar-refractivity contribution in [1.82, 2.24) is 9.80 Å². The number of benzene rings is 1. The average molecular weight is 385 g/mol. The highest BCUT2D eigenvalue weighted by atomic mass is 32.1. The summed E-state index contributed by atoms with van der Waals surface area (Å²) >= 11 is 1.73. The zero-order valence-electron chi connectivity index (χ0n) is 16.2. The van der Waals surface area contributed by atoms with Gasteiger partial charge in [0.2, 0.25) is 0 Å². The molecule has 1 aromatic carbocycles. The molecule has 1 aromatic heterocycles. The maximum Gasteiger partial charge on any atom is 0.264 e. The summed E-state index contributed by atoms with van der Waals surface area (Å²) in [6, 6.07) is 10.4. The minimum Gasteiger partial charge on any atom is -0.497 e. The van der Waals surface area contributed by atoms with Crippen LogP contribution in [0.5, 0.6) is 5.75 Å². The Labute approximate surface area is 165 Å². The predicted octanol–water partition coefficient (Wildman–Crippen LogP) is 3.84. The van der Waals surface area contributed by atoms with Crippen molar-refractivity contribution >= 4 is 17.2 Å². The van der Waals surface area contributed by atoms with E-state index in [-0.39, 0.29) is 5.91 Å². The first kappa shape index (κ1) is 18.5. The molecule has 1 fully saturated rings. The first-order chi connectivity index (χ1) is 13.1. The van der Waals surface area contributed by atoms with E-state index in [4.69, 9.17) is 4.74 Å². The molecule has 2 aliphatic rings. The normalized spacial score (nSPS) is 20.4.